The molecule has 5 aromatic rings. The second-order valence-electron chi connectivity index (χ2n) is 9.89. The highest BCUT2D eigenvalue weighted by Gasteiger charge is 2.19. The van der Waals surface area contributed by atoms with Crippen molar-refractivity contribution in [1.29, 1.82) is 5.26 Å². The van der Waals surface area contributed by atoms with Gasteiger partial charge in [-0.1, -0.05) is 23.4 Å². The lowest BCUT2D eigenvalue weighted by atomic mass is 10.00. The SMILES string of the molecule is Cc1nc2cnc(CCN(C)CC(F)F)c(C#N)c2c(=O)n1CC#Cc1ccc(Cl)cc1-c1ccnc2c(C(=O)O)csc12. The fraction of sp³-hybridized carbons (Fsp3) is 0.226. The van der Waals surface area contributed by atoms with E-state index >= 15 is 0 Å². The molecule has 0 radical (unpaired) electrons. The lowest BCUT2D eigenvalue weighted by Crippen LogP contribution is -2.28. The summed E-state index contributed by atoms with van der Waals surface area (Å²) in [6.07, 6.45) is 0.662. The highest BCUT2D eigenvalue weighted by molar-refractivity contribution is 7.18. The zero-order valence-corrected chi connectivity index (χ0v) is 25.0. The number of aryl methyl sites for hydroxylation is 1. The van der Waals surface area contributed by atoms with Crippen molar-refractivity contribution in [1.82, 2.24) is 24.4 Å². The molecule has 0 saturated carbocycles. The Morgan fingerprint density at radius 2 is 2.05 bits per heavy atom. The van der Waals surface area contributed by atoms with Crippen molar-refractivity contribution >= 4 is 50.0 Å². The number of pyridine rings is 2. The number of aromatic nitrogens is 4. The molecular weight excluding hydrogens is 610 g/mol. The van der Waals surface area contributed by atoms with Crippen LogP contribution in [0.4, 0.5) is 8.78 Å². The Balaban J connectivity index is 1.52. The molecule has 4 heterocycles. The van der Waals surface area contributed by atoms with Crippen LogP contribution in [0.3, 0.4) is 0 Å². The minimum absolute atomic E-state index is 0.0384. The topological polar surface area (TPSA) is 125 Å². The molecular formula is C31H23ClF2N6O3S. The molecule has 4 aromatic heterocycles. The smallest absolute Gasteiger partial charge is 0.338 e. The Morgan fingerprint density at radius 3 is 2.77 bits per heavy atom. The molecule has 0 amide bonds. The van der Waals surface area contributed by atoms with Crippen LogP contribution in [0.1, 0.15) is 33.0 Å². The van der Waals surface area contributed by atoms with E-state index in [1.54, 1.807) is 43.6 Å². The highest BCUT2D eigenvalue weighted by Crippen LogP contribution is 2.36. The van der Waals surface area contributed by atoms with Crippen LogP contribution < -0.4 is 5.56 Å². The average Bonchev–Trinajstić information content (AvgIpc) is 3.42. The number of halogens is 3. The molecule has 0 unspecified atom stereocenters. The van der Waals surface area contributed by atoms with Crippen LogP contribution >= 0.6 is 22.9 Å². The first kappa shape index (κ1) is 30.7. The van der Waals surface area contributed by atoms with E-state index < -0.39 is 24.5 Å². The molecule has 9 nitrogen and oxygen atoms in total. The van der Waals surface area contributed by atoms with Crippen molar-refractivity contribution in [2.24, 2.45) is 0 Å². The van der Waals surface area contributed by atoms with Gasteiger partial charge < -0.3 is 10.0 Å². The second kappa shape index (κ2) is 12.9. The summed E-state index contributed by atoms with van der Waals surface area (Å²) < 4.78 is 27.5. The van der Waals surface area contributed by atoms with E-state index in [9.17, 15) is 28.7 Å². The van der Waals surface area contributed by atoms with E-state index in [1.165, 1.54) is 33.2 Å². The van der Waals surface area contributed by atoms with E-state index in [0.29, 0.717) is 37.9 Å². The van der Waals surface area contributed by atoms with Crippen LogP contribution in [0.15, 0.2) is 46.8 Å². The molecule has 0 aliphatic rings. The van der Waals surface area contributed by atoms with Gasteiger partial charge in [-0.15, -0.1) is 11.3 Å². The van der Waals surface area contributed by atoms with Gasteiger partial charge in [-0.25, -0.2) is 18.6 Å². The maximum absolute atomic E-state index is 13.6. The van der Waals surface area contributed by atoms with Crippen molar-refractivity contribution in [3.05, 3.63) is 85.6 Å². The molecule has 5 rings (SSSR count). The van der Waals surface area contributed by atoms with Crippen molar-refractivity contribution in [3.8, 4) is 29.0 Å². The monoisotopic (exact) mass is 632 g/mol. The van der Waals surface area contributed by atoms with E-state index in [2.05, 4.69) is 32.9 Å². The third-order valence-electron chi connectivity index (χ3n) is 6.98. The van der Waals surface area contributed by atoms with Gasteiger partial charge >= 0.3 is 5.97 Å². The number of hydrogen-bond acceptors (Lipinski definition) is 8. The number of likely N-dealkylation sites (N-methyl/N-ethyl adjacent to an activating group) is 1. The number of nitriles is 1. The van der Waals surface area contributed by atoms with Gasteiger partial charge in [0.25, 0.3) is 12.0 Å². The fourth-order valence-electron chi connectivity index (χ4n) is 4.84. The van der Waals surface area contributed by atoms with Crippen LogP contribution in [-0.4, -0.2) is 62.1 Å². The number of carboxylic acid groups (broad SMARTS) is 1. The number of carbonyl (C=O) groups is 1. The molecule has 1 aromatic carbocycles. The molecule has 222 valence electrons. The number of aromatic carboxylic acids is 1. The van der Waals surface area contributed by atoms with Gasteiger partial charge in [0, 0.05) is 46.3 Å². The minimum Gasteiger partial charge on any atom is -0.478 e. The molecule has 0 fully saturated rings. The lowest BCUT2D eigenvalue weighted by Gasteiger charge is -2.16. The van der Waals surface area contributed by atoms with Crippen molar-refractivity contribution in [2.45, 2.75) is 26.3 Å². The summed E-state index contributed by atoms with van der Waals surface area (Å²) in [4.78, 5) is 39.8. The standard InChI is InChI=1S/C31H23ClF2N6O3S/c1-17-38-25-14-37-24(8-11-39(2)15-26(33)34)22(13-35)27(25)30(41)40(17)10-3-4-18-5-6-19(32)12-21(18)20-7-9-36-28-23(31(42)43)16-44-29(20)28/h5-7,9,12,14,16,26H,8,10-11,15H2,1-2H3,(H,42,43). The zero-order chi connectivity index (χ0) is 31.5. The first-order valence-corrected chi connectivity index (χ1v) is 14.5. The van der Waals surface area contributed by atoms with Gasteiger partial charge in [0.2, 0.25) is 0 Å². The van der Waals surface area contributed by atoms with E-state index in [0.717, 1.165) is 5.56 Å². The minimum atomic E-state index is -2.49. The quantitative estimate of drug-likeness (QED) is 0.226. The molecule has 0 bridgehead atoms. The number of carboxylic acids is 1. The summed E-state index contributed by atoms with van der Waals surface area (Å²) in [6, 6.07) is 8.99. The molecule has 0 aliphatic heterocycles. The lowest BCUT2D eigenvalue weighted by molar-refractivity contribution is 0.0699. The number of benzene rings is 1. The Hall–Kier alpha value is -4.75. The Kier molecular flexibility index (Phi) is 8.97. The van der Waals surface area contributed by atoms with Gasteiger partial charge in [0.05, 0.1) is 57.2 Å². The van der Waals surface area contributed by atoms with E-state index in [4.69, 9.17) is 11.6 Å². The zero-order valence-electron chi connectivity index (χ0n) is 23.4. The van der Waals surface area contributed by atoms with E-state index in [1.807, 2.05) is 0 Å². The summed E-state index contributed by atoms with van der Waals surface area (Å²) in [6.45, 7) is 1.43. The van der Waals surface area contributed by atoms with Crippen molar-refractivity contribution in [2.75, 3.05) is 20.1 Å². The summed E-state index contributed by atoms with van der Waals surface area (Å²) in [5.74, 6) is 5.43. The van der Waals surface area contributed by atoms with Gasteiger partial charge in [-0.2, -0.15) is 5.26 Å². The number of alkyl halides is 2. The maximum Gasteiger partial charge on any atom is 0.338 e. The first-order chi connectivity index (χ1) is 21.1. The summed E-state index contributed by atoms with van der Waals surface area (Å²) >= 11 is 7.59. The Bertz CT molecular complexity index is 2090. The largest absolute Gasteiger partial charge is 0.478 e. The first-order valence-electron chi connectivity index (χ1n) is 13.2. The molecule has 0 saturated heterocycles. The Labute approximate surface area is 259 Å². The molecule has 1 N–H and O–H groups in total. The van der Waals surface area contributed by atoms with Gasteiger partial charge in [0.15, 0.2) is 0 Å². The van der Waals surface area contributed by atoms with Gasteiger partial charge in [-0.3, -0.25) is 19.3 Å². The van der Waals surface area contributed by atoms with Crippen LogP contribution in [-0.2, 0) is 13.0 Å². The summed E-state index contributed by atoms with van der Waals surface area (Å²) in [5, 5.41) is 21.6. The maximum atomic E-state index is 13.6. The molecule has 13 heteroatoms. The number of hydrogen-bond donors (Lipinski definition) is 1. The highest BCUT2D eigenvalue weighted by atomic mass is 35.5. The Morgan fingerprint density at radius 1 is 1.25 bits per heavy atom. The van der Waals surface area contributed by atoms with Gasteiger partial charge in [-0.05, 0) is 38.2 Å². The van der Waals surface area contributed by atoms with Gasteiger partial charge in [0.1, 0.15) is 11.9 Å². The third kappa shape index (κ3) is 6.15. The van der Waals surface area contributed by atoms with Crippen LogP contribution in [0.2, 0.25) is 5.02 Å². The van der Waals surface area contributed by atoms with Crippen LogP contribution in [0.5, 0.6) is 0 Å². The molecule has 44 heavy (non-hydrogen) atoms. The number of nitrogens with zero attached hydrogens (tertiary/aromatic N) is 6. The molecule has 0 aliphatic carbocycles. The van der Waals surface area contributed by atoms with Crippen LogP contribution in [0, 0.1) is 30.1 Å². The average molecular weight is 633 g/mol. The predicted molar refractivity (Wildman–Crippen MR) is 164 cm³/mol. The molecule has 0 spiro atoms. The van der Waals surface area contributed by atoms with Crippen LogP contribution in [0.25, 0.3) is 32.2 Å². The number of fused-ring (bicyclic) bond motifs is 2. The fourth-order valence-corrected chi connectivity index (χ4v) is 6.04. The van der Waals surface area contributed by atoms with E-state index in [-0.39, 0.29) is 41.5 Å². The third-order valence-corrected chi connectivity index (χ3v) is 8.22. The predicted octanol–water partition coefficient (Wildman–Crippen LogP) is 5.39. The molecule has 0 atom stereocenters. The number of thiophene rings is 1. The van der Waals surface area contributed by atoms with Crippen molar-refractivity contribution in [3.63, 3.8) is 0 Å². The summed E-state index contributed by atoms with van der Waals surface area (Å²) in [7, 11) is 1.55. The van der Waals surface area contributed by atoms with Crippen molar-refractivity contribution < 1.29 is 18.7 Å². The normalized spacial score (nSPS) is 11.2. The summed E-state index contributed by atoms with van der Waals surface area (Å²) in [5.41, 5.74) is 2.66. The number of rotatable bonds is 8. The second-order valence-corrected chi connectivity index (χ2v) is 11.2.